The fourth-order valence-electron chi connectivity index (χ4n) is 4.29. The summed E-state index contributed by atoms with van der Waals surface area (Å²) < 4.78 is 26.9. The van der Waals surface area contributed by atoms with Gasteiger partial charge in [0.05, 0.1) is 12.1 Å². The minimum absolute atomic E-state index is 0.135. The molecule has 2 heterocycles. The first-order valence-electron chi connectivity index (χ1n) is 10.9. The predicted octanol–water partition coefficient (Wildman–Crippen LogP) is 3.92. The summed E-state index contributed by atoms with van der Waals surface area (Å²) >= 11 is 5.91. The van der Waals surface area contributed by atoms with Crippen molar-refractivity contribution < 1.29 is 18.7 Å². The van der Waals surface area contributed by atoms with E-state index in [9.17, 15) is 9.18 Å². The molecule has 1 amide bonds. The minimum atomic E-state index is -1.26. The predicted molar refractivity (Wildman–Crippen MR) is 125 cm³/mol. The van der Waals surface area contributed by atoms with Crippen molar-refractivity contribution in [2.24, 2.45) is 5.10 Å². The van der Waals surface area contributed by atoms with Gasteiger partial charge in [-0.15, -0.1) is 0 Å². The number of likely N-dealkylation sites (tertiary alicyclic amines) is 1. The summed E-state index contributed by atoms with van der Waals surface area (Å²) in [5.74, 6) is -0.357. The van der Waals surface area contributed by atoms with Crippen LogP contribution in [0.15, 0.2) is 41.5 Å². The highest BCUT2D eigenvalue weighted by Gasteiger charge is 2.42. The van der Waals surface area contributed by atoms with E-state index < -0.39 is 11.6 Å². The second-order valence-electron chi connectivity index (χ2n) is 8.74. The maximum atomic E-state index is 14.6. The Morgan fingerprint density at radius 1 is 1.30 bits per heavy atom. The zero-order chi connectivity index (χ0) is 23.6. The van der Waals surface area contributed by atoms with Crippen LogP contribution in [0.25, 0.3) is 0 Å². The van der Waals surface area contributed by atoms with E-state index in [1.54, 1.807) is 30.3 Å². The maximum absolute atomic E-state index is 14.6. The molecule has 0 aliphatic carbocycles. The van der Waals surface area contributed by atoms with E-state index in [4.69, 9.17) is 21.1 Å². The Morgan fingerprint density at radius 3 is 2.76 bits per heavy atom. The number of fused-ring (bicyclic) bond motifs is 1. The Bertz CT molecular complexity index is 1060. The second kappa shape index (κ2) is 9.57. The monoisotopic (exact) mass is 474 g/mol. The number of rotatable bonds is 6. The van der Waals surface area contributed by atoms with Gasteiger partial charge in [-0.2, -0.15) is 5.10 Å². The molecule has 0 saturated carbocycles. The van der Waals surface area contributed by atoms with Crippen LogP contribution in [0.4, 0.5) is 4.39 Å². The fourth-order valence-corrected chi connectivity index (χ4v) is 4.45. The van der Waals surface area contributed by atoms with Crippen molar-refractivity contribution in [2.75, 3.05) is 33.7 Å². The Labute approximate surface area is 198 Å². The van der Waals surface area contributed by atoms with E-state index in [0.717, 1.165) is 31.5 Å². The van der Waals surface area contributed by atoms with Gasteiger partial charge < -0.3 is 14.4 Å². The topological polar surface area (TPSA) is 66.4 Å². The summed E-state index contributed by atoms with van der Waals surface area (Å²) in [6.45, 7) is 3.58. The lowest BCUT2D eigenvalue weighted by Gasteiger charge is -2.32. The number of nitrogens with zero attached hydrogens (tertiary/aromatic N) is 3. The highest BCUT2D eigenvalue weighted by atomic mass is 35.5. The van der Waals surface area contributed by atoms with Gasteiger partial charge in [0, 0.05) is 31.6 Å². The molecule has 2 aromatic rings. The number of para-hydroxylation sites is 1. The zero-order valence-electron chi connectivity index (χ0n) is 19.0. The standard InChI is InChI=1S/C24H28ClFN4O3/c1-24(19-8-7-17(25)13-20(19)26)32-21-6-4-5-18(23(21)33-24)16-9-11-30(12-10-16)14-22(31)28-27-15-29(2)3/h4-8,13,15-16H,9-12,14H2,1-3H3,(H,28,31)/b27-15+. The SMILES string of the molecule is CN(C)/C=N/NC(=O)CN1CCC(c2cccc3c2OC(C)(c2ccc(Cl)cc2F)O3)CC1. The molecule has 2 aliphatic rings. The average Bonchev–Trinajstić information content (AvgIpc) is 3.11. The summed E-state index contributed by atoms with van der Waals surface area (Å²) in [7, 11) is 3.67. The zero-order valence-corrected chi connectivity index (χ0v) is 19.7. The number of ether oxygens (including phenoxy) is 2. The number of carbonyl (C=O) groups is 1. The molecule has 1 unspecified atom stereocenters. The third-order valence-corrected chi connectivity index (χ3v) is 6.14. The molecule has 4 rings (SSSR count). The lowest BCUT2D eigenvalue weighted by Crippen LogP contribution is -2.40. The Balaban J connectivity index is 1.41. The molecule has 2 aromatic carbocycles. The van der Waals surface area contributed by atoms with Crippen molar-refractivity contribution in [3.8, 4) is 11.5 Å². The molecule has 2 aliphatic heterocycles. The number of halogens is 2. The van der Waals surface area contributed by atoms with Crippen LogP contribution in [0.3, 0.4) is 0 Å². The van der Waals surface area contributed by atoms with Crippen molar-refractivity contribution in [1.29, 1.82) is 0 Å². The van der Waals surface area contributed by atoms with Crippen molar-refractivity contribution in [3.63, 3.8) is 0 Å². The van der Waals surface area contributed by atoms with E-state index in [2.05, 4.69) is 15.4 Å². The van der Waals surface area contributed by atoms with Gasteiger partial charge in [0.2, 0.25) is 0 Å². The van der Waals surface area contributed by atoms with Gasteiger partial charge in [0.15, 0.2) is 11.5 Å². The lowest BCUT2D eigenvalue weighted by molar-refractivity contribution is -0.122. The molecular weight excluding hydrogens is 447 g/mol. The molecule has 0 aromatic heterocycles. The van der Waals surface area contributed by atoms with Gasteiger partial charge in [-0.1, -0.05) is 23.7 Å². The van der Waals surface area contributed by atoms with E-state index >= 15 is 0 Å². The quantitative estimate of drug-likeness (QED) is 0.390. The van der Waals surface area contributed by atoms with Crippen LogP contribution in [0, 0.1) is 5.82 Å². The molecule has 33 heavy (non-hydrogen) atoms. The van der Waals surface area contributed by atoms with E-state index in [0.29, 0.717) is 28.6 Å². The van der Waals surface area contributed by atoms with Gasteiger partial charge >= 0.3 is 0 Å². The number of nitrogens with one attached hydrogen (secondary N) is 1. The van der Waals surface area contributed by atoms with Gasteiger partial charge in [-0.3, -0.25) is 9.69 Å². The molecule has 7 nitrogen and oxygen atoms in total. The third kappa shape index (κ3) is 5.23. The molecule has 9 heteroatoms. The van der Waals surface area contributed by atoms with Crippen LogP contribution >= 0.6 is 11.6 Å². The van der Waals surface area contributed by atoms with Gasteiger partial charge in [-0.25, -0.2) is 9.82 Å². The second-order valence-corrected chi connectivity index (χ2v) is 9.18. The molecule has 1 fully saturated rings. The summed E-state index contributed by atoms with van der Waals surface area (Å²) in [5.41, 5.74) is 3.89. The number of hydrogen-bond acceptors (Lipinski definition) is 5. The molecular formula is C24H28ClFN4O3. The first kappa shape index (κ1) is 23.3. The summed E-state index contributed by atoms with van der Waals surface area (Å²) in [4.78, 5) is 16.0. The Kier molecular flexibility index (Phi) is 6.76. The fraction of sp³-hybridized carbons (Fsp3) is 0.417. The minimum Gasteiger partial charge on any atom is -0.444 e. The highest BCUT2D eigenvalue weighted by molar-refractivity contribution is 6.30. The van der Waals surface area contributed by atoms with Crippen LogP contribution in [0.1, 0.15) is 36.8 Å². The van der Waals surface area contributed by atoms with Gasteiger partial charge in [0.1, 0.15) is 12.2 Å². The smallest absolute Gasteiger partial charge is 0.278 e. The van der Waals surface area contributed by atoms with Crippen LogP contribution in [-0.2, 0) is 10.6 Å². The third-order valence-electron chi connectivity index (χ3n) is 5.90. The Morgan fingerprint density at radius 2 is 2.06 bits per heavy atom. The van der Waals surface area contributed by atoms with E-state index in [1.807, 2.05) is 32.3 Å². The first-order valence-corrected chi connectivity index (χ1v) is 11.3. The van der Waals surface area contributed by atoms with E-state index in [-0.39, 0.29) is 11.8 Å². The molecule has 176 valence electrons. The molecule has 0 radical (unpaired) electrons. The molecule has 1 atom stereocenters. The maximum Gasteiger partial charge on any atom is 0.278 e. The molecule has 0 spiro atoms. The molecule has 1 N–H and O–H groups in total. The van der Waals surface area contributed by atoms with Gasteiger partial charge in [-0.05, 0) is 56.1 Å². The first-order chi connectivity index (χ1) is 15.7. The lowest BCUT2D eigenvalue weighted by atomic mass is 9.88. The van der Waals surface area contributed by atoms with E-state index in [1.165, 1.54) is 6.07 Å². The van der Waals surface area contributed by atoms with Crippen molar-refractivity contribution in [2.45, 2.75) is 31.5 Å². The molecule has 0 bridgehead atoms. The van der Waals surface area contributed by atoms with Gasteiger partial charge in [0.25, 0.3) is 11.7 Å². The molecule has 1 saturated heterocycles. The summed E-state index contributed by atoms with van der Waals surface area (Å²) in [6, 6.07) is 10.3. The van der Waals surface area contributed by atoms with Crippen LogP contribution in [-0.4, -0.2) is 55.8 Å². The Hall–Kier alpha value is -2.84. The number of benzene rings is 2. The highest BCUT2D eigenvalue weighted by Crippen LogP contribution is 2.49. The van der Waals surface area contributed by atoms with Crippen molar-refractivity contribution >= 4 is 23.8 Å². The van der Waals surface area contributed by atoms with Crippen LogP contribution in [0.2, 0.25) is 5.02 Å². The van der Waals surface area contributed by atoms with Crippen LogP contribution < -0.4 is 14.9 Å². The van der Waals surface area contributed by atoms with Crippen molar-refractivity contribution in [3.05, 3.63) is 58.4 Å². The van der Waals surface area contributed by atoms with Crippen LogP contribution in [0.5, 0.6) is 11.5 Å². The van der Waals surface area contributed by atoms with Crippen molar-refractivity contribution in [1.82, 2.24) is 15.2 Å². The number of hydrogen-bond donors (Lipinski definition) is 1. The average molecular weight is 475 g/mol. The summed E-state index contributed by atoms with van der Waals surface area (Å²) in [5, 5.41) is 4.22. The normalized spacial score (nSPS) is 20.9. The largest absolute Gasteiger partial charge is 0.444 e. The number of amides is 1. The number of carbonyl (C=O) groups excluding carboxylic acids is 1. The number of hydrazone groups is 1. The number of piperidine rings is 1. The summed E-state index contributed by atoms with van der Waals surface area (Å²) in [6.07, 6.45) is 3.30.